The molecule has 0 aromatic rings. The van der Waals surface area contributed by atoms with Crippen molar-refractivity contribution in [1.29, 1.82) is 0 Å². The highest BCUT2D eigenvalue weighted by atomic mass is 79.9. The SMILES string of the molecule is CCOC(=O)[C@H]1[C@@H]2OC3(CC2Br)C(C(=O)NC2CCCCC2)N(CCCCO)C(=O)[C@H]13. The number of nitrogens with one attached hydrogen (secondary N) is 1. The minimum atomic E-state index is -1.02. The van der Waals surface area contributed by atoms with E-state index in [1.807, 2.05) is 0 Å². The van der Waals surface area contributed by atoms with E-state index in [1.165, 1.54) is 6.42 Å². The third-order valence-electron chi connectivity index (χ3n) is 7.35. The van der Waals surface area contributed by atoms with Crippen molar-refractivity contribution in [3.05, 3.63) is 0 Å². The summed E-state index contributed by atoms with van der Waals surface area (Å²) in [4.78, 5) is 41.4. The molecule has 3 aliphatic heterocycles. The zero-order chi connectivity index (χ0) is 22.2. The van der Waals surface area contributed by atoms with Gasteiger partial charge in [-0.25, -0.2) is 0 Å². The number of nitrogens with zero attached hydrogens (tertiary/aromatic N) is 1. The molecular formula is C22H33BrN2O6. The number of ether oxygens (including phenoxy) is 2. The monoisotopic (exact) mass is 500 g/mol. The van der Waals surface area contributed by atoms with Gasteiger partial charge in [0.25, 0.3) is 0 Å². The van der Waals surface area contributed by atoms with Crippen LogP contribution < -0.4 is 5.32 Å². The van der Waals surface area contributed by atoms with Gasteiger partial charge in [-0.05, 0) is 39.0 Å². The largest absolute Gasteiger partial charge is 0.466 e. The quantitative estimate of drug-likeness (QED) is 0.297. The highest BCUT2D eigenvalue weighted by Crippen LogP contribution is 2.60. The number of rotatable bonds is 8. The molecule has 8 nitrogen and oxygen atoms in total. The number of carbonyl (C=O) groups is 3. The summed E-state index contributed by atoms with van der Waals surface area (Å²) in [5.74, 6) is -2.24. The fourth-order valence-corrected chi connectivity index (χ4v) is 7.04. The molecule has 0 aromatic heterocycles. The van der Waals surface area contributed by atoms with Crippen LogP contribution in [0.25, 0.3) is 0 Å². The minimum Gasteiger partial charge on any atom is -0.466 e. The molecule has 6 atom stereocenters. The van der Waals surface area contributed by atoms with E-state index in [1.54, 1.807) is 11.8 Å². The van der Waals surface area contributed by atoms with Gasteiger partial charge in [0.2, 0.25) is 11.8 Å². The highest BCUT2D eigenvalue weighted by Gasteiger charge is 2.76. The molecule has 4 fully saturated rings. The number of hydrogen-bond acceptors (Lipinski definition) is 6. The number of alkyl halides is 1. The molecule has 4 rings (SSSR count). The van der Waals surface area contributed by atoms with E-state index in [2.05, 4.69) is 21.2 Å². The van der Waals surface area contributed by atoms with Crippen LogP contribution in [0.4, 0.5) is 0 Å². The zero-order valence-corrected chi connectivity index (χ0v) is 19.6. The Morgan fingerprint density at radius 2 is 2.03 bits per heavy atom. The van der Waals surface area contributed by atoms with Crippen molar-refractivity contribution in [1.82, 2.24) is 10.2 Å². The van der Waals surface area contributed by atoms with E-state index >= 15 is 0 Å². The first kappa shape index (κ1) is 23.0. The average molecular weight is 501 g/mol. The van der Waals surface area contributed by atoms with E-state index in [-0.39, 0.29) is 35.9 Å². The second kappa shape index (κ2) is 9.35. The molecule has 4 aliphatic rings. The summed E-state index contributed by atoms with van der Waals surface area (Å²) >= 11 is 3.64. The number of aliphatic hydroxyl groups is 1. The van der Waals surface area contributed by atoms with Crippen LogP contribution >= 0.6 is 15.9 Å². The maximum Gasteiger partial charge on any atom is 0.312 e. The normalized spacial score (nSPS) is 37.2. The van der Waals surface area contributed by atoms with Gasteiger partial charge in [-0.15, -0.1) is 0 Å². The number of unbranched alkanes of at least 4 members (excludes halogenated alkanes) is 1. The smallest absolute Gasteiger partial charge is 0.312 e. The van der Waals surface area contributed by atoms with Crippen LogP contribution in [-0.2, 0) is 23.9 Å². The van der Waals surface area contributed by atoms with E-state index in [0.717, 1.165) is 25.7 Å². The molecule has 31 heavy (non-hydrogen) atoms. The molecule has 0 radical (unpaired) electrons. The van der Waals surface area contributed by atoms with Crippen LogP contribution in [0.15, 0.2) is 0 Å². The molecule has 1 spiro atoms. The van der Waals surface area contributed by atoms with Crippen molar-refractivity contribution in [2.24, 2.45) is 11.8 Å². The summed E-state index contributed by atoms with van der Waals surface area (Å²) in [6, 6.07) is -0.652. The topological polar surface area (TPSA) is 105 Å². The van der Waals surface area contributed by atoms with Gasteiger partial charge in [-0.3, -0.25) is 14.4 Å². The van der Waals surface area contributed by atoms with Gasteiger partial charge in [0.05, 0.1) is 24.5 Å². The van der Waals surface area contributed by atoms with Gasteiger partial charge < -0.3 is 24.8 Å². The van der Waals surface area contributed by atoms with E-state index in [4.69, 9.17) is 9.47 Å². The van der Waals surface area contributed by atoms with Gasteiger partial charge in [0.1, 0.15) is 11.6 Å². The lowest BCUT2D eigenvalue weighted by Crippen LogP contribution is -2.57. The molecule has 3 unspecified atom stereocenters. The molecule has 3 saturated heterocycles. The van der Waals surface area contributed by atoms with E-state index in [9.17, 15) is 19.5 Å². The van der Waals surface area contributed by atoms with Crippen LogP contribution in [-0.4, -0.2) is 76.2 Å². The van der Waals surface area contributed by atoms with Gasteiger partial charge in [-0.2, -0.15) is 0 Å². The molecule has 1 aliphatic carbocycles. The Morgan fingerprint density at radius 1 is 1.29 bits per heavy atom. The molecule has 2 bridgehead atoms. The third-order valence-corrected chi connectivity index (χ3v) is 8.20. The molecule has 0 aromatic carbocycles. The van der Waals surface area contributed by atoms with Gasteiger partial charge in [0, 0.05) is 24.0 Å². The molecule has 174 valence electrons. The number of carbonyl (C=O) groups excluding carboxylic acids is 3. The number of hydrogen-bond donors (Lipinski definition) is 2. The Morgan fingerprint density at radius 3 is 2.71 bits per heavy atom. The lowest BCUT2D eigenvalue weighted by molar-refractivity contribution is -0.154. The summed E-state index contributed by atoms with van der Waals surface area (Å²) in [6.07, 6.45) is 6.43. The molecular weight excluding hydrogens is 468 g/mol. The second-order valence-electron chi connectivity index (χ2n) is 9.22. The summed E-state index contributed by atoms with van der Waals surface area (Å²) < 4.78 is 11.7. The predicted octanol–water partition coefficient (Wildman–Crippen LogP) is 1.52. The van der Waals surface area contributed by atoms with Crippen molar-refractivity contribution in [3.8, 4) is 0 Å². The Bertz CT molecular complexity index is 714. The standard InChI is InChI=1S/C22H33BrN2O6/c1-2-30-21(29)15-16-20(28)25(10-6-7-11-26)18(22(16)12-14(23)17(15)31-22)19(27)24-13-8-4-3-5-9-13/h13-18,26H,2-12H2,1H3,(H,24,27)/t14?,15-,16+,17-,18?,22?/m1/s1. The number of esters is 1. The van der Waals surface area contributed by atoms with E-state index in [0.29, 0.717) is 25.8 Å². The molecule has 9 heteroatoms. The van der Waals surface area contributed by atoms with Crippen molar-refractivity contribution in [2.75, 3.05) is 19.8 Å². The molecule has 3 heterocycles. The maximum atomic E-state index is 13.6. The first-order valence-corrected chi connectivity index (χ1v) is 12.6. The molecule has 2 amide bonds. The number of fused-ring (bicyclic) bond motifs is 1. The summed E-state index contributed by atoms with van der Waals surface area (Å²) in [5, 5.41) is 12.4. The van der Waals surface area contributed by atoms with Crippen molar-refractivity contribution in [2.45, 2.75) is 86.9 Å². The number of likely N-dealkylation sites (tertiary alicyclic amines) is 1. The Balaban J connectivity index is 1.64. The van der Waals surface area contributed by atoms with Crippen LogP contribution in [0.3, 0.4) is 0 Å². The third kappa shape index (κ3) is 3.91. The first-order chi connectivity index (χ1) is 14.9. The van der Waals surface area contributed by atoms with Crippen LogP contribution in [0, 0.1) is 11.8 Å². The number of aliphatic hydroxyl groups excluding tert-OH is 1. The van der Waals surface area contributed by atoms with Crippen molar-refractivity contribution in [3.63, 3.8) is 0 Å². The van der Waals surface area contributed by atoms with Crippen LogP contribution in [0.5, 0.6) is 0 Å². The Hall–Kier alpha value is -1.19. The van der Waals surface area contributed by atoms with Crippen LogP contribution in [0.1, 0.15) is 58.3 Å². The second-order valence-corrected chi connectivity index (χ2v) is 10.4. The highest BCUT2D eigenvalue weighted by molar-refractivity contribution is 9.09. The number of halogens is 1. The lowest BCUT2D eigenvalue weighted by Gasteiger charge is -2.35. The van der Waals surface area contributed by atoms with Crippen molar-refractivity contribution >= 4 is 33.7 Å². The fraction of sp³-hybridized carbons (Fsp3) is 0.864. The number of amides is 2. The van der Waals surface area contributed by atoms with Crippen molar-refractivity contribution < 1.29 is 29.0 Å². The predicted molar refractivity (Wildman–Crippen MR) is 115 cm³/mol. The fourth-order valence-electron chi connectivity index (χ4n) is 6.10. The minimum absolute atomic E-state index is 0.0308. The summed E-state index contributed by atoms with van der Waals surface area (Å²) in [6.45, 7) is 2.36. The van der Waals surface area contributed by atoms with Gasteiger partial charge in [-0.1, -0.05) is 35.2 Å². The summed E-state index contributed by atoms with van der Waals surface area (Å²) in [7, 11) is 0. The zero-order valence-electron chi connectivity index (χ0n) is 18.1. The summed E-state index contributed by atoms with van der Waals surface area (Å²) in [5.41, 5.74) is -1.02. The Kier molecular flexibility index (Phi) is 6.93. The molecule has 1 saturated carbocycles. The van der Waals surface area contributed by atoms with E-state index < -0.39 is 35.6 Å². The first-order valence-electron chi connectivity index (χ1n) is 11.6. The maximum absolute atomic E-state index is 13.6. The average Bonchev–Trinajstić information content (AvgIpc) is 3.33. The lowest BCUT2D eigenvalue weighted by atomic mass is 9.70. The van der Waals surface area contributed by atoms with Gasteiger partial charge >= 0.3 is 5.97 Å². The Labute approximate surface area is 191 Å². The van der Waals surface area contributed by atoms with Crippen LogP contribution in [0.2, 0.25) is 0 Å². The van der Waals surface area contributed by atoms with Gasteiger partial charge in [0.15, 0.2) is 0 Å². The molecule has 2 N–H and O–H groups in total.